The van der Waals surface area contributed by atoms with Crippen LogP contribution in [0.25, 0.3) is 0 Å². The molecule has 18 heavy (non-hydrogen) atoms. The molecule has 0 spiro atoms. The third kappa shape index (κ3) is 4.69. The lowest BCUT2D eigenvalue weighted by atomic mass is 10.0. The molecule has 0 saturated carbocycles. The summed E-state index contributed by atoms with van der Waals surface area (Å²) in [6.45, 7) is 0. The molecular weight excluding hydrogens is 245 g/mol. The molecule has 0 radical (unpaired) electrons. The maximum absolute atomic E-state index is 11.9. The van der Waals surface area contributed by atoms with Gasteiger partial charge >= 0.3 is 6.18 Å². The number of benzene rings is 1. The van der Waals surface area contributed by atoms with Gasteiger partial charge in [-0.15, -0.1) is 0 Å². The van der Waals surface area contributed by atoms with E-state index in [4.69, 9.17) is 0 Å². The number of carbonyl (C=O) groups excluding carboxylic acids is 2. The normalized spacial score (nSPS) is 11.3. The third-order valence-corrected chi connectivity index (χ3v) is 2.47. The van der Waals surface area contributed by atoms with Gasteiger partial charge in [0.25, 0.3) is 0 Å². The van der Waals surface area contributed by atoms with E-state index in [9.17, 15) is 22.8 Å². The van der Waals surface area contributed by atoms with Crippen molar-refractivity contribution in [2.24, 2.45) is 0 Å². The smallest absolute Gasteiger partial charge is 0.294 e. The zero-order valence-corrected chi connectivity index (χ0v) is 9.67. The van der Waals surface area contributed by atoms with E-state index in [1.165, 1.54) is 0 Å². The first-order valence-corrected chi connectivity index (χ1v) is 5.59. The molecule has 0 unspecified atom stereocenters. The van der Waals surface area contributed by atoms with Crippen LogP contribution in [0.2, 0.25) is 0 Å². The Balaban J connectivity index is 2.27. The highest BCUT2D eigenvalue weighted by molar-refractivity contribution is 5.95. The van der Waals surface area contributed by atoms with Gasteiger partial charge in [0.05, 0.1) is 0 Å². The minimum atomic E-state index is -4.76. The van der Waals surface area contributed by atoms with Crippen molar-refractivity contribution in [3.05, 3.63) is 35.9 Å². The van der Waals surface area contributed by atoms with Gasteiger partial charge in [0.2, 0.25) is 5.78 Å². The van der Waals surface area contributed by atoms with Crippen molar-refractivity contribution in [3.8, 4) is 0 Å². The zero-order chi connectivity index (χ0) is 13.6. The topological polar surface area (TPSA) is 34.1 Å². The lowest BCUT2D eigenvalue weighted by molar-refractivity contribution is -0.171. The predicted molar refractivity (Wildman–Crippen MR) is 60.3 cm³/mol. The van der Waals surface area contributed by atoms with Crippen LogP contribution in [-0.4, -0.2) is 17.7 Å². The van der Waals surface area contributed by atoms with Gasteiger partial charge < -0.3 is 0 Å². The quantitative estimate of drug-likeness (QED) is 0.577. The molecule has 1 aromatic carbocycles. The van der Waals surface area contributed by atoms with Crippen LogP contribution in [0.1, 0.15) is 36.0 Å². The van der Waals surface area contributed by atoms with Crippen LogP contribution < -0.4 is 0 Å². The summed E-state index contributed by atoms with van der Waals surface area (Å²) in [7, 11) is 0. The molecular formula is C13H13F3O2. The van der Waals surface area contributed by atoms with Gasteiger partial charge in [-0.25, -0.2) is 0 Å². The van der Waals surface area contributed by atoms with Gasteiger partial charge in [0, 0.05) is 18.4 Å². The predicted octanol–water partition coefficient (Wildman–Crippen LogP) is 3.56. The van der Waals surface area contributed by atoms with Crippen molar-refractivity contribution in [1.29, 1.82) is 0 Å². The van der Waals surface area contributed by atoms with Crippen LogP contribution >= 0.6 is 0 Å². The van der Waals surface area contributed by atoms with E-state index in [0.717, 1.165) is 0 Å². The Morgan fingerprint density at radius 3 is 2.06 bits per heavy atom. The van der Waals surface area contributed by atoms with E-state index in [1.807, 2.05) is 0 Å². The highest BCUT2D eigenvalue weighted by Crippen LogP contribution is 2.19. The number of Topliss-reactive ketones (excluding diaryl/α,β-unsaturated/α-hetero) is 2. The Labute approximate surface area is 103 Å². The molecule has 0 fully saturated rings. The number of hydrogen-bond acceptors (Lipinski definition) is 2. The third-order valence-electron chi connectivity index (χ3n) is 2.47. The van der Waals surface area contributed by atoms with E-state index in [2.05, 4.69) is 0 Å². The summed E-state index contributed by atoms with van der Waals surface area (Å²) >= 11 is 0. The van der Waals surface area contributed by atoms with Crippen LogP contribution in [0, 0.1) is 0 Å². The van der Waals surface area contributed by atoms with Crippen molar-refractivity contribution in [3.63, 3.8) is 0 Å². The first-order valence-electron chi connectivity index (χ1n) is 5.59. The number of halogens is 3. The lowest BCUT2D eigenvalue weighted by Crippen LogP contribution is -2.22. The number of carbonyl (C=O) groups is 2. The summed E-state index contributed by atoms with van der Waals surface area (Å²) in [4.78, 5) is 22.1. The first-order chi connectivity index (χ1) is 8.41. The number of hydrogen-bond donors (Lipinski definition) is 0. The fourth-order valence-corrected chi connectivity index (χ4v) is 1.48. The Hall–Kier alpha value is -1.65. The SMILES string of the molecule is O=C(CCCCC(=O)C(F)(F)F)c1ccccc1. The maximum Gasteiger partial charge on any atom is 0.449 e. The van der Waals surface area contributed by atoms with Gasteiger partial charge in [0.1, 0.15) is 0 Å². The molecule has 0 aliphatic heterocycles. The van der Waals surface area contributed by atoms with Crippen molar-refractivity contribution in [2.75, 3.05) is 0 Å². The Kier molecular flexibility index (Phi) is 5.07. The standard InChI is InChI=1S/C13H13F3O2/c14-13(15,16)12(18)9-5-4-8-11(17)10-6-2-1-3-7-10/h1-3,6-7H,4-5,8-9H2. The monoisotopic (exact) mass is 258 g/mol. The molecule has 0 amide bonds. The van der Waals surface area contributed by atoms with Crippen LogP contribution in [-0.2, 0) is 4.79 Å². The summed E-state index contributed by atoms with van der Waals surface area (Å²) < 4.78 is 35.7. The maximum atomic E-state index is 11.9. The number of ketones is 2. The van der Waals surface area contributed by atoms with Crippen LogP contribution in [0.15, 0.2) is 30.3 Å². The van der Waals surface area contributed by atoms with E-state index in [0.29, 0.717) is 5.56 Å². The van der Waals surface area contributed by atoms with E-state index in [1.54, 1.807) is 30.3 Å². The molecule has 0 heterocycles. The van der Waals surface area contributed by atoms with Crippen molar-refractivity contribution >= 4 is 11.6 Å². The Bertz CT molecular complexity index is 410. The second-order valence-corrected chi connectivity index (χ2v) is 3.92. The fraction of sp³-hybridized carbons (Fsp3) is 0.385. The van der Waals surface area contributed by atoms with Gasteiger partial charge in [-0.3, -0.25) is 9.59 Å². The highest BCUT2D eigenvalue weighted by Gasteiger charge is 2.37. The van der Waals surface area contributed by atoms with Crippen molar-refractivity contribution in [2.45, 2.75) is 31.9 Å². The summed E-state index contributed by atoms with van der Waals surface area (Å²) in [5, 5.41) is 0. The van der Waals surface area contributed by atoms with Crippen LogP contribution in [0.5, 0.6) is 0 Å². The van der Waals surface area contributed by atoms with E-state index < -0.39 is 18.4 Å². The molecule has 0 bridgehead atoms. The van der Waals surface area contributed by atoms with Gasteiger partial charge in [-0.1, -0.05) is 30.3 Å². The van der Waals surface area contributed by atoms with Crippen LogP contribution in [0.3, 0.4) is 0 Å². The molecule has 98 valence electrons. The molecule has 0 saturated heterocycles. The summed E-state index contributed by atoms with van der Waals surface area (Å²) in [6.07, 6.45) is -4.78. The van der Waals surface area contributed by atoms with Crippen molar-refractivity contribution < 1.29 is 22.8 Å². The second-order valence-electron chi connectivity index (χ2n) is 3.92. The molecule has 0 atom stereocenters. The lowest BCUT2D eigenvalue weighted by Gasteiger charge is -2.04. The molecule has 5 heteroatoms. The van der Waals surface area contributed by atoms with Gasteiger partial charge in [0.15, 0.2) is 5.78 Å². The van der Waals surface area contributed by atoms with Crippen molar-refractivity contribution in [1.82, 2.24) is 0 Å². The molecule has 0 N–H and O–H groups in total. The Morgan fingerprint density at radius 2 is 1.50 bits per heavy atom. The average molecular weight is 258 g/mol. The van der Waals surface area contributed by atoms with E-state index in [-0.39, 0.29) is 25.0 Å². The summed E-state index contributed by atoms with van der Waals surface area (Å²) in [6, 6.07) is 8.53. The summed E-state index contributed by atoms with van der Waals surface area (Å²) in [5.41, 5.74) is 0.541. The first kappa shape index (κ1) is 14.4. The fourth-order valence-electron chi connectivity index (χ4n) is 1.48. The minimum absolute atomic E-state index is 0.0803. The highest BCUT2D eigenvalue weighted by atomic mass is 19.4. The molecule has 1 rings (SSSR count). The summed E-state index contributed by atoms with van der Waals surface area (Å²) in [5.74, 6) is -1.84. The molecule has 0 aliphatic carbocycles. The second kappa shape index (κ2) is 6.33. The average Bonchev–Trinajstić information content (AvgIpc) is 2.34. The molecule has 2 nitrogen and oxygen atoms in total. The van der Waals surface area contributed by atoms with Gasteiger partial charge in [-0.2, -0.15) is 13.2 Å². The largest absolute Gasteiger partial charge is 0.449 e. The number of rotatable bonds is 6. The minimum Gasteiger partial charge on any atom is -0.294 e. The Morgan fingerprint density at radius 1 is 0.944 bits per heavy atom. The van der Waals surface area contributed by atoms with Crippen LogP contribution in [0.4, 0.5) is 13.2 Å². The number of alkyl halides is 3. The number of unbranched alkanes of at least 4 members (excludes halogenated alkanes) is 1. The zero-order valence-electron chi connectivity index (χ0n) is 9.67. The molecule has 0 aliphatic rings. The van der Waals surface area contributed by atoms with Gasteiger partial charge in [-0.05, 0) is 12.8 Å². The molecule has 1 aromatic rings. The van der Waals surface area contributed by atoms with E-state index >= 15 is 0 Å². The molecule has 0 aromatic heterocycles.